The van der Waals surface area contributed by atoms with E-state index in [1.165, 1.54) is 7.11 Å². The highest BCUT2D eigenvalue weighted by atomic mass is 32.2. The maximum atomic E-state index is 7.97. The molecule has 0 aliphatic heterocycles. The molecule has 0 aromatic heterocycles. The molecule has 0 saturated carbocycles. The van der Waals surface area contributed by atoms with E-state index in [2.05, 4.69) is 14.5 Å². The van der Waals surface area contributed by atoms with Gasteiger partial charge in [-0.2, -0.15) is 5.11 Å². The lowest BCUT2D eigenvalue weighted by molar-refractivity contribution is -0.432. The van der Waals surface area contributed by atoms with Gasteiger partial charge >= 0.3 is 0 Å². The van der Waals surface area contributed by atoms with Gasteiger partial charge in [0.25, 0.3) is 0 Å². The summed E-state index contributed by atoms with van der Waals surface area (Å²) < 4.78 is 9.19. The van der Waals surface area contributed by atoms with Gasteiger partial charge in [0.1, 0.15) is 11.4 Å². The van der Waals surface area contributed by atoms with Crippen LogP contribution in [0.4, 0.5) is 5.69 Å². The summed E-state index contributed by atoms with van der Waals surface area (Å²) in [7, 11) is 1.52. The van der Waals surface area contributed by atoms with Crippen molar-refractivity contribution in [2.45, 2.75) is 4.90 Å². The molecule has 0 unspecified atom stereocenters. The number of rotatable bonds is 5. The number of methoxy groups -OCH3 is 1. The second kappa shape index (κ2) is 5.55. The maximum absolute atomic E-state index is 7.97. The highest BCUT2D eigenvalue weighted by Crippen LogP contribution is 2.33. The Hall–Kier alpha value is -1.15. The number of hydrogen-bond acceptors (Lipinski definition) is 7. The fourth-order valence-corrected chi connectivity index (χ4v) is 1.30. The van der Waals surface area contributed by atoms with Crippen molar-refractivity contribution in [1.82, 2.24) is 0 Å². The van der Waals surface area contributed by atoms with Crippen LogP contribution in [0.15, 0.2) is 28.2 Å². The summed E-state index contributed by atoms with van der Waals surface area (Å²) in [5.41, 5.74) is 7.26. The predicted octanol–water partition coefficient (Wildman–Crippen LogP) is 2.79. The number of ether oxygens (including phenoxy) is 1. The predicted molar refractivity (Wildman–Crippen MR) is 48.5 cm³/mol. The minimum atomic E-state index is 0.396. The summed E-state index contributed by atoms with van der Waals surface area (Å²) in [5, 5.41) is 14.7. The van der Waals surface area contributed by atoms with Gasteiger partial charge < -0.3 is 4.74 Å². The largest absolute Gasteiger partial charge is 0.497 e. The Balaban J connectivity index is 2.90. The van der Waals surface area contributed by atoms with E-state index in [0.717, 1.165) is 12.0 Å². The van der Waals surface area contributed by atoms with Crippen LogP contribution in [0.5, 0.6) is 5.75 Å². The molecule has 0 radical (unpaired) electrons. The lowest BCUT2D eigenvalue weighted by Crippen LogP contribution is -1.84. The molecular weight excluding hydrogens is 208 g/mol. The molecule has 6 nitrogen and oxygen atoms in total. The molecule has 14 heavy (non-hydrogen) atoms. The van der Waals surface area contributed by atoms with Crippen molar-refractivity contribution in [1.29, 1.82) is 5.53 Å². The first-order valence-electron chi connectivity index (χ1n) is 3.52. The molecule has 1 rings (SSSR count). The Morgan fingerprint density at radius 2 is 2.29 bits per heavy atom. The smallest absolute Gasteiger partial charge is 0.120 e. The molecule has 1 aromatic rings. The van der Waals surface area contributed by atoms with Gasteiger partial charge in [0.05, 0.1) is 24.0 Å². The van der Waals surface area contributed by atoms with E-state index in [1.807, 2.05) is 0 Å². The lowest BCUT2D eigenvalue weighted by atomic mass is 10.3. The van der Waals surface area contributed by atoms with Gasteiger partial charge in [-0.25, -0.2) is 10.8 Å². The van der Waals surface area contributed by atoms with Crippen molar-refractivity contribution in [3.63, 3.8) is 0 Å². The van der Waals surface area contributed by atoms with Crippen LogP contribution in [-0.4, -0.2) is 12.4 Å². The van der Waals surface area contributed by atoms with Crippen LogP contribution in [0, 0.1) is 5.53 Å². The Bertz CT molecular complexity index is 321. The molecule has 0 amide bonds. The zero-order valence-corrected chi connectivity index (χ0v) is 8.08. The second-order valence-corrected chi connectivity index (χ2v) is 2.91. The van der Waals surface area contributed by atoms with E-state index >= 15 is 0 Å². The van der Waals surface area contributed by atoms with E-state index in [0.29, 0.717) is 16.3 Å². The molecule has 7 heteroatoms. The molecule has 2 N–H and O–H groups in total. The van der Waals surface area contributed by atoms with Gasteiger partial charge in [-0.05, 0) is 18.2 Å². The first-order chi connectivity index (χ1) is 6.81. The molecule has 1 aromatic carbocycles. The van der Waals surface area contributed by atoms with Crippen LogP contribution < -0.4 is 4.74 Å². The van der Waals surface area contributed by atoms with E-state index < -0.39 is 0 Å². The van der Waals surface area contributed by atoms with Crippen molar-refractivity contribution in [2.75, 3.05) is 7.11 Å². The van der Waals surface area contributed by atoms with E-state index in [9.17, 15) is 0 Å². The summed E-state index contributed by atoms with van der Waals surface area (Å²) in [6, 6.07) is 4.86. The number of benzene rings is 1. The lowest BCUT2D eigenvalue weighted by Gasteiger charge is -2.04. The first kappa shape index (κ1) is 10.9. The zero-order valence-electron chi connectivity index (χ0n) is 7.26. The fourth-order valence-electron chi connectivity index (χ4n) is 0.832. The van der Waals surface area contributed by atoms with Gasteiger partial charge in [0.15, 0.2) is 0 Å². The highest BCUT2D eigenvalue weighted by molar-refractivity contribution is 7.94. The minimum absolute atomic E-state index is 0.396. The molecule has 0 fully saturated rings. The van der Waals surface area contributed by atoms with Crippen LogP contribution in [0.3, 0.4) is 0 Å². The summed E-state index contributed by atoms with van der Waals surface area (Å²) in [5.74, 6) is 0.599. The third-order valence-corrected chi connectivity index (χ3v) is 2.08. The Kier molecular flexibility index (Phi) is 4.33. The van der Waals surface area contributed by atoms with Crippen LogP contribution in [0.25, 0.3) is 0 Å². The van der Waals surface area contributed by atoms with E-state index in [-0.39, 0.29) is 0 Å². The van der Waals surface area contributed by atoms with Gasteiger partial charge in [0.2, 0.25) is 0 Å². The summed E-state index contributed by atoms with van der Waals surface area (Å²) >= 11 is 0.735. The molecule has 0 aliphatic rings. The van der Waals surface area contributed by atoms with E-state index in [4.69, 9.17) is 15.5 Å². The number of nitrogens with zero attached hydrogens (tertiary/aromatic N) is 1. The van der Waals surface area contributed by atoms with E-state index in [1.54, 1.807) is 18.2 Å². The van der Waals surface area contributed by atoms with Gasteiger partial charge in [-0.1, -0.05) is 5.04 Å². The van der Waals surface area contributed by atoms with Crippen LogP contribution in [-0.2, 0) is 9.37 Å². The van der Waals surface area contributed by atoms with Crippen molar-refractivity contribution in [3.05, 3.63) is 18.2 Å². The molecule has 0 saturated heterocycles. The van der Waals surface area contributed by atoms with Crippen molar-refractivity contribution in [2.24, 2.45) is 5.11 Å². The third kappa shape index (κ3) is 2.67. The third-order valence-electron chi connectivity index (χ3n) is 1.44. The topological polar surface area (TPSA) is 84.1 Å². The Labute approximate surface area is 84.4 Å². The van der Waals surface area contributed by atoms with Crippen LogP contribution in [0.2, 0.25) is 0 Å². The molecule has 0 aliphatic carbocycles. The monoisotopic (exact) mass is 216 g/mol. The number of nitrogens with one attached hydrogen (secondary N) is 1. The first-order valence-corrected chi connectivity index (χ1v) is 4.26. The zero-order chi connectivity index (χ0) is 10.4. The van der Waals surface area contributed by atoms with Gasteiger partial charge in [-0.15, -0.1) is 4.33 Å². The summed E-state index contributed by atoms with van der Waals surface area (Å²) in [6.45, 7) is 0. The summed E-state index contributed by atoms with van der Waals surface area (Å²) in [4.78, 5) is 0.508. The highest BCUT2D eigenvalue weighted by Gasteiger charge is 2.05. The minimum Gasteiger partial charge on any atom is -0.497 e. The van der Waals surface area contributed by atoms with Crippen molar-refractivity contribution >= 4 is 17.7 Å². The quantitative estimate of drug-likeness (QED) is 0.342. The average Bonchev–Trinajstić information content (AvgIpc) is 2.25. The van der Waals surface area contributed by atoms with Crippen molar-refractivity contribution in [3.8, 4) is 5.75 Å². The SMILES string of the molecule is COc1ccc(N=N)c(SOOO)c1. The van der Waals surface area contributed by atoms with Crippen molar-refractivity contribution < 1.29 is 19.4 Å². The fraction of sp³-hybridized carbons (Fsp3) is 0.143. The normalized spacial score (nSPS) is 9.86. The molecule has 76 valence electrons. The average molecular weight is 216 g/mol. The van der Waals surface area contributed by atoms with Crippen LogP contribution in [0.1, 0.15) is 0 Å². The molecule has 0 heterocycles. The molecule has 0 spiro atoms. The molecule has 0 atom stereocenters. The van der Waals surface area contributed by atoms with Crippen LogP contribution >= 0.6 is 12.0 Å². The Morgan fingerprint density at radius 3 is 2.86 bits per heavy atom. The number of hydrogen-bond donors (Lipinski definition) is 2. The summed E-state index contributed by atoms with van der Waals surface area (Å²) in [6.07, 6.45) is 0. The molecular formula is C7H8N2O4S. The van der Waals surface area contributed by atoms with Gasteiger partial charge in [-0.3, -0.25) is 0 Å². The standard InChI is InChI=1S/C7H8N2O4S/c1-11-5-2-3-6(9-8)7(4-5)14-13-12-10/h2-4,8,10H,1H3. The van der Waals surface area contributed by atoms with Gasteiger partial charge in [0, 0.05) is 0 Å². The maximum Gasteiger partial charge on any atom is 0.120 e. The second-order valence-electron chi connectivity index (χ2n) is 2.17. The Morgan fingerprint density at radius 1 is 1.50 bits per heavy atom. The molecule has 0 bridgehead atoms.